The van der Waals surface area contributed by atoms with E-state index < -0.39 is 0 Å². The fourth-order valence-corrected chi connectivity index (χ4v) is 2.94. The maximum absolute atomic E-state index is 12.3. The molecule has 1 N–H and O–H groups in total. The molecule has 3 rings (SSSR count). The quantitative estimate of drug-likeness (QED) is 0.668. The predicted octanol–water partition coefficient (Wildman–Crippen LogP) is 3.82. The second-order valence-corrected chi connectivity index (χ2v) is 7.42. The normalized spacial score (nSPS) is 10.8. The first kappa shape index (κ1) is 20.4. The number of carbonyl (C=O) groups excluding carboxylic acids is 2. The van der Waals surface area contributed by atoms with Gasteiger partial charge in [0.25, 0.3) is 5.91 Å². The van der Waals surface area contributed by atoms with Crippen LogP contribution in [0.15, 0.2) is 73.1 Å². The van der Waals surface area contributed by atoms with Crippen LogP contribution in [0.1, 0.15) is 35.3 Å². The van der Waals surface area contributed by atoms with Crippen molar-refractivity contribution in [2.75, 3.05) is 7.05 Å². The van der Waals surface area contributed by atoms with Crippen LogP contribution >= 0.6 is 0 Å². The second-order valence-electron chi connectivity index (χ2n) is 7.42. The standard InChI is InChI=1S/C24H27N3O2/c1-18(2)26(3)24(29)21-10-6-20(7-11-21)17-25-23(28)16-19-8-12-22(13-9-19)27-14-4-5-15-27/h4-15,18H,16-17H2,1-3H3,(H,25,28). The number of aromatic nitrogens is 1. The highest BCUT2D eigenvalue weighted by Gasteiger charge is 2.14. The van der Waals surface area contributed by atoms with Gasteiger partial charge in [0.1, 0.15) is 0 Å². The summed E-state index contributed by atoms with van der Waals surface area (Å²) in [5.74, 6) is -0.0302. The van der Waals surface area contributed by atoms with E-state index in [1.54, 1.807) is 11.9 Å². The smallest absolute Gasteiger partial charge is 0.253 e. The zero-order chi connectivity index (χ0) is 20.8. The predicted molar refractivity (Wildman–Crippen MR) is 115 cm³/mol. The van der Waals surface area contributed by atoms with Crippen molar-refractivity contribution in [3.8, 4) is 5.69 Å². The molecule has 0 aliphatic carbocycles. The average Bonchev–Trinajstić information content (AvgIpc) is 3.27. The van der Waals surface area contributed by atoms with Gasteiger partial charge in [0.15, 0.2) is 0 Å². The van der Waals surface area contributed by atoms with Crippen LogP contribution in [0.25, 0.3) is 5.69 Å². The third kappa shape index (κ3) is 5.35. The molecule has 1 aromatic heterocycles. The molecule has 0 fully saturated rings. The molecule has 3 aromatic rings. The van der Waals surface area contributed by atoms with Crippen LogP contribution in [0.3, 0.4) is 0 Å². The average molecular weight is 389 g/mol. The lowest BCUT2D eigenvalue weighted by Gasteiger charge is -2.21. The number of benzene rings is 2. The van der Waals surface area contributed by atoms with Crippen LogP contribution in [0.2, 0.25) is 0 Å². The van der Waals surface area contributed by atoms with E-state index in [9.17, 15) is 9.59 Å². The van der Waals surface area contributed by atoms with Crippen molar-refractivity contribution in [2.45, 2.75) is 32.9 Å². The number of hydrogen-bond acceptors (Lipinski definition) is 2. The molecule has 5 heteroatoms. The second kappa shape index (κ2) is 9.24. The van der Waals surface area contributed by atoms with Crippen molar-refractivity contribution in [2.24, 2.45) is 0 Å². The summed E-state index contributed by atoms with van der Waals surface area (Å²) in [7, 11) is 1.80. The number of rotatable bonds is 7. The fourth-order valence-electron chi connectivity index (χ4n) is 2.94. The maximum Gasteiger partial charge on any atom is 0.253 e. The summed E-state index contributed by atoms with van der Waals surface area (Å²) in [4.78, 5) is 26.3. The van der Waals surface area contributed by atoms with Gasteiger partial charge in [0, 0.05) is 43.3 Å². The van der Waals surface area contributed by atoms with Gasteiger partial charge in [-0.15, -0.1) is 0 Å². The van der Waals surface area contributed by atoms with Crippen molar-refractivity contribution >= 4 is 11.8 Å². The fraction of sp³-hybridized carbons (Fsp3) is 0.250. The zero-order valence-electron chi connectivity index (χ0n) is 17.1. The molecular weight excluding hydrogens is 362 g/mol. The molecule has 0 atom stereocenters. The zero-order valence-corrected chi connectivity index (χ0v) is 17.1. The molecule has 150 valence electrons. The minimum atomic E-state index is -0.0293. The minimum absolute atomic E-state index is 0.000978. The van der Waals surface area contributed by atoms with Gasteiger partial charge >= 0.3 is 0 Å². The Balaban J connectivity index is 1.51. The molecule has 0 saturated heterocycles. The largest absolute Gasteiger partial charge is 0.352 e. The molecule has 0 aliphatic rings. The topological polar surface area (TPSA) is 54.3 Å². The third-order valence-electron chi connectivity index (χ3n) is 4.99. The first-order valence-corrected chi connectivity index (χ1v) is 9.79. The highest BCUT2D eigenvalue weighted by atomic mass is 16.2. The van der Waals surface area contributed by atoms with Gasteiger partial charge in [-0.25, -0.2) is 0 Å². The summed E-state index contributed by atoms with van der Waals surface area (Å²) < 4.78 is 2.02. The van der Waals surface area contributed by atoms with Crippen LogP contribution in [-0.4, -0.2) is 34.4 Å². The summed E-state index contributed by atoms with van der Waals surface area (Å²) in [6, 6.07) is 19.4. The van der Waals surface area contributed by atoms with Crippen molar-refractivity contribution in [3.05, 3.63) is 89.7 Å². The number of hydrogen-bond donors (Lipinski definition) is 1. The molecule has 0 spiro atoms. The summed E-state index contributed by atoms with van der Waals surface area (Å²) in [5.41, 5.74) is 3.65. The molecule has 0 bridgehead atoms. The summed E-state index contributed by atoms with van der Waals surface area (Å²) in [5, 5.41) is 2.94. The van der Waals surface area contributed by atoms with Gasteiger partial charge in [-0.05, 0) is 61.4 Å². The van der Waals surface area contributed by atoms with E-state index in [1.165, 1.54) is 0 Å². The van der Waals surface area contributed by atoms with Gasteiger partial charge in [-0.1, -0.05) is 24.3 Å². The first-order chi connectivity index (χ1) is 13.9. The molecule has 2 amide bonds. The lowest BCUT2D eigenvalue weighted by Crippen LogP contribution is -2.32. The molecule has 5 nitrogen and oxygen atoms in total. The monoisotopic (exact) mass is 389 g/mol. The summed E-state index contributed by atoms with van der Waals surface area (Å²) in [6.07, 6.45) is 4.31. The van der Waals surface area contributed by atoms with E-state index in [0.717, 1.165) is 16.8 Å². The molecule has 0 saturated carbocycles. The molecular formula is C24H27N3O2. The number of amides is 2. The van der Waals surface area contributed by atoms with Crippen molar-refractivity contribution in [3.63, 3.8) is 0 Å². The minimum Gasteiger partial charge on any atom is -0.352 e. The van der Waals surface area contributed by atoms with Crippen LogP contribution in [0, 0.1) is 0 Å². The van der Waals surface area contributed by atoms with Gasteiger partial charge in [0.05, 0.1) is 6.42 Å². The van der Waals surface area contributed by atoms with Crippen molar-refractivity contribution < 1.29 is 9.59 Å². The van der Waals surface area contributed by atoms with Gasteiger partial charge < -0.3 is 14.8 Å². The number of nitrogens with one attached hydrogen (secondary N) is 1. The lowest BCUT2D eigenvalue weighted by molar-refractivity contribution is -0.120. The van der Waals surface area contributed by atoms with Crippen LogP contribution in [0.4, 0.5) is 0 Å². The van der Waals surface area contributed by atoms with Crippen molar-refractivity contribution in [1.29, 1.82) is 0 Å². The lowest BCUT2D eigenvalue weighted by atomic mass is 10.1. The maximum atomic E-state index is 12.3. The third-order valence-corrected chi connectivity index (χ3v) is 4.99. The first-order valence-electron chi connectivity index (χ1n) is 9.79. The Kier molecular flexibility index (Phi) is 6.50. The van der Waals surface area contributed by atoms with Gasteiger partial charge in [-0.3, -0.25) is 9.59 Å². The van der Waals surface area contributed by atoms with E-state index >= 15 is 0 Å². The van der Waals surface area contributed by atoms with E-state index in [-0.39, 0.29) is 17.9 Å². The highest BCUT2D eigenvalue weighted by Crippen LogP contribution is 2.11. The number of carbonyl (C=O) groups is 2. The van der Waals surface area contributed by atoms with E-state index in [4.69, 9.17) is 0 Å². The molecule has 1 heterocycles. The van der Waals surface area contributed by atoms with E-state index in [2.05, 4.69) is 5.32 Å². The van der Waals surface area contributed by atoms with Crippen LogP contribution in [0.5, 0.6) is 0 Å². The Labute approximate surface area is 172 Å². The van der Waals surface area contributed by atoms with E-state index in [0.29, 0.717) is 18.5 Å². The Morgan fingerprint density at radius 1 is 0.931 bits per heavy atom. The molecule has 0 aliphatic heterocycles. The van der Waals surface area contributed by atoms with Crippen LogP contribution in [-0.2, 0) is 17.8 Å². The van der Waals surface area contributed by atoms with Gasteiger partial charge in [-0.2, -0.15) is 0 Å². The number of nitrogens with zero attached hydrogens (tertiary/aromatic N) is 2. The highest BCUT2D eigenvalue weighted by molar-refractivity contribution is 5.94. The Bertz CT molecular complexity index is 943. The van der Waals surface area contributed by atoms with Gasteiger partial charge in [0.2, 0.25) is 5.91 Å². The molecule has 2 aromatic carbocycles. The Hall–Kier alpha value is -3.34. The summed E-state index contributed by atoms with van der Waals surface area (Å²) in [6.45, 7) is 4.40. The SMILES string of the molecule is CC(C)N(C)C(=O)c1ccc(CNC(=O)Cc2ccc(-n3cccc3)cc2)cc1. The molecule has 0 unspecified atom stereocenters. The van der Waals surface area contributed by atoms with Crippen molar-refractivity contribution in [1.82, 2.24) is 14.8 Å². The van der Waals surface area contributed by atoms with E-state index in [1.807, 2.05) is 91.5 Å². The Morgan fingerprint density at radius 2 is 1.52 bits per heavy atom. The summed E-state index contributed by atoms with van der Waals surface area (Å²) >= 11 is 0. The molecule has 29 heavy (non-hydrogen) atoms. The molecule has 0 radical (unpaired) electrons. The Morgan fingerprint density at radius 3 is 2.10 bits per heavy atom. The van der Waals surface area contributed by atoms with Crippen LogP contribution < -0.4 is 5.32 Å².